The lowest BCUT2D eigenvalue weighted by molar-refractivity contribution is -0.112. The van der Waals surface area contributed by atoms with E-state index in [1.807, 2.05) is 0 Å². The molecule has 9 heteroatoms. The van der Waals surface area contributed by atoms with Crippen LogP contribution in [-0.2, 0) is 9.53 Å². The standard InChI is InChI=1S/C21H12ClFN2O4S/c22-13-10-15-12(9-14(13)23)17(19(26)25(15)21(24)28)18(16-7-4-8-30-16)29-20(27)11-5-2-1-3-6-11/h1-10H,(H2,24,28)/b18-17-. The molecule has 0 aliphatic carbocycles. The number of halogens is 2. The fourth-order valence-corrected chi connectivity index (χ4v) is 3.92. The van der Waals surface area contributed by atoms with Crippen molar-refractivity contribution < 1.29 is 23.5 Å². The Kier molecular flexibility index (Phi) is 5.11. The summed E-state index contributed by atoms with van der Waals surface area (Å²) in [5.41, 5.74) is 5.52. The number of hydrogen-bond donors (Lipinski definition) is 1. The van der Waals surface area contributed by atoms with Crippen LogP contribution in [0.15, 0.2) is 60.0 Å². The maximum absolute atomic E-state index is 14.2. The fraction of sp³-hybridized carbons (Fsp3) is 0. The third-order valence-corrected chi connectivity index (χ3v) is 5.52. The first-order valence-electron chi connectivity index (χ1n) is 8.57. The average Bonchev–Trinajstić information content (AvgIpc) is 3.34. The molecule has 0 radical (unpaired) electrons. The predicted octanol–water partition coefficient (Wildman–Crippen LogP) is 4.69. The number of thiophene rings is 1. The Morgan fingerprint density at radius 2 is 1.83 bits per heavy atom. The van der Waals surface area contributed by atoms with Gasteiger partial charge in [-0.15, -0.1) is 11.3 Å². The first-order chi connectivity index (χ1) is 14.4. The molecule has 0 saturated carbocycles. The van der Waals surface area contributed by atoms with Crippen molar-refractivity contribution in [3.05, 3.63) is 86.8 Å². The van der Waals surface area contributed by atoms with Crippen molar-refractivity contribution in [1.82, 2.24) is 0 Å². The van der Waals surface area contributed by atoms with Crippen LogP contribution in [0, 0.1) is 5.82 Å². The summed E-state index contributed by atoms with van der Waals surface area (Å²) >= 11 is 7.04. The van der Waals surface area contributed by atoms with Gasteiger partial charge in [-0.05, 0) is 35.7 Å². The second-order valence-corrected chi connectivity index (χ2v) is 7.55. The van der Waals surface area contributed by atoms with Crippen LogP contribution in [-0.4, -0.2) is 17.9 Å². The Balaban J connectivity index is 1.94. The van der Waals surface area contributed by atoms with Crippen molar-refractivity contribution in [1.29, 1.82) is 0 Å². The first-order valence-corrected chi connectivity index (χ1v) is 9.83. The number of ether oxygens (including phenoxy) is 1. The molecule has 2 N–H and O–H groups in total. The molecule has 1 aromatic heterocycles. The average molecular weight is 443 g/mol. The lowest BCUT2D eigenvalue weighted by Gasteiger charge is -2.12. The number of primary amides is 1. The summed E-state index contributed by atoms with van der Waals surface area (Å²) in [7, 11) is 0. The first kappa shape index (κ1) is 19.8. The third kappa shape index (κ3) is 3.36. The van der Waals surface area contributed by atoms with E-state index in [0.29, 0.717) is 9.78 Å². The zero-order chi connectivity index (χ0) is 21.4. The van der Waals surface area contributed by atoms with Crippen molar-refractivity contribution in [2.75, 3.05) is 4.90 Å². The molecule has 2 heterocycles. The number of imide groups is 1. The van der Waals surface area contributed by atoms with Crippen molar-refractivity contribution in [2.24, 2.45) is 5.73 Å². The second kappa shape index (κ2) is 7.74. The quantitative estimate of drug-likeness (QED) is 0.362. The van der Waals surface area contributed by atoms with E-state index in [2.05, 4.69) is 0 Å². The Morgan fingerprint density at radius 3 is 2.47 bits per heavy atom. The number of benzene rings is 2. The van der Waals surface area contributed by atoms with Gasteiger partial charge in [0.2, 0.25) is 0 Å². The second-order valence-electron chi connectivity index (χ2n) is 6.20. The molecule has 1 aliphatic heterocycles. The van der Waals surface area contributed by atoms with Gasteiger partial charge in [-0.25, -0.2) is 18.9 Å². The van der Waals surface area contributed by atoms with Crippen LogP contribution in [0.1, 0.15) is 20.8 Å². The Hall–Kier alpha value is -3.49. The van der Waals surface area contributed by atoms with E-state index >= 15 is 0 Å². The van der Waals surface area contributed by atoms with Crippen LogP contribution in [0.25, 0.3) is 11.3 Å². The van der Waals surface area contributed by atoms with E-state index in [0.717, 1.165) is 12.1 Å². The molecular weight excluding hydrogens is 431 g/mol. The minimum atomic E-state index is -1.07. The molecule has 1 aliphatic rings. The monoisotopic (exact) mass is 442 g/mol. The minimum Gasteiger partial charge on any atom is -0.421 e. The van der Waals surface area contributed by atoms with Gasteiger partial charge in [0.05, 0.1) is 26.7 Å². The summed E-state index contributed by atoms with van der Waals surface area (Å²) in [6, 6.07) is 12.6. The van der Waals surface area contributed by atoms with Gasteiger partial charge in [0, 0.05) is 5.56 Å². The van der Waals surface area contributed by atoms with E-state index in [1.54, 1.807) is 47.8 Å². The highest BCUT2D eigenvalue weighted by Crippen LogP contribution is 2.44. The number of carbonyl (C=O) groups is 3. The number of esters is 1. The molecule has 4 rings (SSSR count). The minimum absolute atomic E-state index is 0.0127. The Bertz CT molecular complexity index is 1210. The molecule has 150 valence electrons. The molecule has 0 fully saturated rings. The van der Waals surface area contributed by atoms with Gasteiger partial charge in [-0.2, -0.15) is 0 Å². The van der Waals surface area contributed by atoms with Gasteiger partial charge in [0.1, 0.15) is 5.82 Å². The van der Waals surface area contributed by atoms with Crippen LogP contribution in [0.3, 0.4) is 0 Å². The highest BCUT2D eigenvalue weighted by Gasteiger charge is 2.40. The third-order valence-electron chi connectivity index (χ3n) is 4.36. The molecular formula is C21H12ClFN2O4S. The van der Waals surface area contributed by atoms with Crippen molar-refractivity contribution >= 4 is 57.9 Å². The summed E-state index contributed by atoms with van der Waals surface area (Å²) < 4.78 is 19.8. The van der Waals surface area contributed by atoms with Crippen molar-refractivity contribution in [3.63, 3.8) is 0 Å². The van der Waals surface area contributed by atoms with Crippen LogP contribution >= 0.6 is 22.9 Å². The normalized spacial score (nSPS) is 14.5. The number of amides is 3. The summed E-state index contributed by atoms with van der Waals surface area (Å²) in [5.74, 6) is -2.46. The van der Waals surface area contributed by atoms with Gasteiger partial charge in [0.15, 0.2) is 5.76 Å². The van der Waals surface area contributed by atoms with E-state index < -0.39 is 23.7 Å². The number of nitrogens with two attached hydrogens (primary N) is 1. The molecule has 2 aromatic carbocycles. The number of hydrogen-bond acceptors (Lipinski definition) is 5. The number of fused-ring (bicyclic) bond motifs is 1. The lowest BCUT2D eigenvalue weighted by atomic mass is 10.0. The lowest BCUT2D eigenvalue weighted by Crippen LogP contribution is -2.38. The van der Waals surface area contributed by atoms with Gasteiger partial charge in [-0.3, -0.25) is 4.79 Å². The SMILES string of the molecule is NC(=O)N1C(=O)/C(=C(\OC(=O)c2ccccc2)c2cccs2)c2cc(F)c(Cl)cc21. The highest BCUT2D eigenvalue weighted by molar-refractivity contribution is 7.11. The number of nitrogens with zero attached hydrogens (tertiary/aromatic N) is 1. The van der Waals surface area contributed by atoms with Gasteiger partial charge >= 0.3 is 12.0 Å². The summed E-state index contributed by atoms with van der Waals surface area (Å²) in [6.45, 7) is 0. The van der Waals surface area contributed by atoms with Crippen LogP contribution in [0.4, 0.5) is 14.9 Å². The van der Waals surface area contributed by atoms with Gasteiger partial charge in [-0.1, -0.05) is 35.9 Å². The molecule has 0 saturated heterocycles. The van der Waals surface area contributed by atoms with Crippen molar-refractivity contribution in [2.45, 2.75) is 0 Å². The molecule has 0 spiro atoms. The number of anilines is 1. The maximum atomic E-state index is 14.2. The van der Waals surface area contributed by atoms with Crippen LogP contribution < -0.4 is 10.6 Å². The molecule has 30 heavy (non-hydrogen) atoms. The summed E-state index contributed by atoms with van der Waals surface area (Å²) in [4.78, 5) is 38.8. The van der Waals surface area contributed by atoms with Gasteiger partial charge < -0.3 is 10.5 Å². The zero-order valence-electron chi connectivity index (χ0n) is 15.1. The van der Waals surface area contributed by atoms with E-state index in [1.165, 1.54) is 11.3 Å². The largest absolute Gasteiger partial charge is 0.421 e. The van der Waals surface area contributed by atoms with Crippen LogP contribution in [0.2, 0.25) is 5.02 Å². The molecule has 3 amide bonds. The predicted molar refractivity (Wildman–Crippen MR) is 111 cm³/mol. The number of urea groups is 1. The zero-order valence-corrected chi connectivity index (χ0v) is 16.7. The highest BCUT2D eigenvalue weighted by atomic mass is 35.5. The topological polar surface area (TPSA) is 89.7 Å². The van der Waals surface area contributed by atoms with E-state index in [9.17, 15) is 18.8 Å². The number of carbonyl (C=O) groups excluding carboxylic acids is 3. The van der Waals surface area contributed by atoms with E-state index in [-0.39, 0.29) is 33.2 Å². The summed E-state index contributed by atoms with van der Waals surface area (Å²) in [5, 5.41) is 1.44. The maximum Gasteiger partial charge on any atom is 0.343 e. The molecule has 0 atom stereocenters. The smallest absolute Gasteiger partial charge is 0.343 e. The molecule has 3 aromatic rings. The summed E-state index contributed by atoms with van der Waals surface area (Å²) in [6.07, 6.45) is 0. The Labute approximate surface area is 178 Å². The molecule has 6 nitrogen and oxygen atoms in total. The van der Waals surface area contributed by atoms with Crippen molar-refractivity contribution in [3.8, 4) is 0 Å². The van der Waals surface area contributed by atoms with Crippen LogP contribution in [0.5, 0.6) is 0 Å². The van der Waals surface area contributed by atoms with Gasteiger partial charge in [0.25, 0.3) is 5.91 Å². The van der Waals surface area contributed by atoms with E-state index in [4.69, 9.17) is 22.1 Å². The fourth-order valence-electron chi connectivity index (χ4n) is 3.05. The number of rotatable bonds is 3. The molecule has 0 bridgehead atoms. The molecule has 0 unspecified atom stereocenters. The Morgan fingerprint density at radius 1 is 1.10 bits per heavy atom.